The molecule has 2 aromatic rings. The highest BCUT2D eigenvalue weighted by molar-refractivity contribution is 7.13. The monoisotopic (exact) mass is 344 g/mol. The predicted octanol–water partition coefficient (Wildman–Crippen LogP) is 2.52. The zero-order valence-corrected chi connectivity index (χ0v) is 14.8. The van der Waals surface area contributed by atoms with Crippen LogP contribution in [0.25, 0.3) is 0 Å². The van der Waals surface area contributed by atoms with E-state index < -0.39 is 0 Å². The van der Waals surface area contributed by atoms with E-state index in [0.29, 0.717) is 0 Å². The lowest BCUT2D eigenvalue weighted by Crippen LogP contribution is -2.41. The number of amides is 1. The fourth-order valence-electron chi connectivity index (χ4n) is 3.11. The number of hydrogen-bond donors (Lipinski definition) is 1. The van der Waals surface area contributed by atoms with Crippen LogP contribution in [0.5, 0.6) is 0 Å². The second-order valence-corrected chi connectivity index (χ2v) is 7.08. The minimum Gasteiger partial charge on any atom is -0.346 e. The van der Waals surface area contributed by atoms with Gasteiger partial charge in [-0.25, -0.2) is 4.98 Å². The van der Waals surface area contributed by atoms with Crippen molar-refractivity contribution in [2.75, 3.05) is 31.1 Å². The number of thiazole rings is 1. The van der Waals surface area contributed by atoms with Gasteiger partial charge in [0.25, 0.3) is 0 Å². The Hall–Kier alpha value is -1.92. The van der Waals surface area contributed by atoms with Gasteiger partial charge in [-0.05, 0) is 12.0 Å². The molecule has 1 aliphatic heterocycles. The number of carbonyl (C=O) groups excluding carboxylic acids is 1. The molecule has 1 saturated heterocycles. The highest BCUT2D eigenvalue weighted by Crippen LogP contribution is 2.23. The van der Waals surface area contributed by atoms with Crippen LogP contribution in [0, 0.1) is 5.92 Å². The van der Waals surface area contributed by atoms with E-state index in [-0.39, 0.29) is 17.9 Å². The van der Waals surface area contributed by atoms with Gasteiger partial charge in [0.2, 0.25) is 5.91 Å². The summed E-state index contributed by atoms with van der Waals surface area (Å²) >= 11 is 1.65. The maximum Gasteiger partial charge on any atom is 0.227 e. The molecule has 0 radical (unpaired) electrons. The summed E-state index contributed by atoms with van der Waals surface area (Å²) in [7, 11) is 0. The summed E-state index contributed by atoms with van der Waals surface area (Å²) in [5, 5.41) is 3.03. The summed E-state index contributed by atoms with van der Waals surface area (Å²) in [6.07, 6.45) is 2.79. The van der Waals surface area contributed by atoms with Crippen LogP contribution in [-0.2, 0) is 4.79 Å². The van der Waals surface area contributed by atoms with Crippen LogP contribution in [0.4, 0.5) is 5.13 Å². The minimum absolute atomic E-state index is 0.146. The molecular weight excluding hydrogens is 320 g/mol. The molecule has 24 heavy (non-hydrogen) atoms. The van der Waals surface area contributed by atoms with E-state index in [1.165, 1.54) is 0 Å². The number of nitrogens with two attached hydrogens (primary N) is 1. The number of aromatic nitrogens is 1. The van der Waals surface area contributed by atoms with Gasteiger partial charge in [0.05, 0.1) is 5.92 Å². The molecular formula is C18H24N4OS. The van der Waals surface area contributed by atoms with Crippen molar-refractivity contribution in [2.24, 2.45) is 11.7 Å². The van der Waals surface area contributed by atoms with Crippen molar-refractivity contribution >= 4 is 22.4 Å². The summed E-state index contributed by atoms with van der Waals surface area (Å²) in [6.45, 7) is 5.21. The van der Waals surface area contributed by atoms with Gasteiger partial charge in [0.15, 0.2) is 5.13 Å². The second kappa shape index (κ2) is 7.77. The van der Waals surface area contributed by atoms with Crippen LogP contribution >= 0.6 is 11.3 Å². The number of carbonyl (C=O) groups is 1. The van der Waals surface area contributed by atoms with E-state index in [4.69, 9.17) is 5.73 Å². The highest BCUT2D eigenvalue weighted by atomic mass is 32.1. The normalized spacial score (nSPS) is 18.1. The first-order chi connectivity index (χ1) is 11.7. The Balaban J connectivity index is 1.62. The van der Waals surface area contributed by atoms with Crippen LogP contribution in [0.3, 0.4) is 0 Å². The Labute approximate surface area is 147 Å². The van der Waals surface area contributed by atoms with E-state index in [1.54, 1.807) is 11.3 Å². The van der Waals surface area contributed by atoms with Gasteiger partial charge >= 0.3 is 0 Å². The van der Waals surface area contributed by atoms with Crippen molar-refractivity contribution < 1.29 is 4.79 Å². The topological polar surface area (TPSA) is 62.5 Å². The van der Waals surface area contributed by atoms with Gasteiger partial charge in [-0.15, -0.1) is 11.3 Å². The lowest BCUT2D eigenvalue weighted by atomic mass is 9.94. The number of benzene rings is 1. The lowest BCUT2D eigenvalue weighted by molar-refractivity contribution is -0.135. The zero-order valence-electron chi connectivity index (χ0n) is 14.0. The Morgan fingerprint density at radius 1 is 1.21 bits per heavy atom. The van der Waals surface area contributed by atoms with Crippen molar-refractivity contribution in [3.8, 4) is 0 Å². The number of nitrogens with zero attached hydrogens (tertiary/aromatic N) is 3. The number of rotatable bonds is 4. The molecule has 3 rings (SSSR count). The first-order valence-electron chi connectivity index (χ1n) is 8.40. The molecule has 2 N–H and O–H groups in total. The Morgan fingerprint density at radius 3 is 2.71 bits per heavy atom. The Bertz CT molecular complexity index is 646. The molecule has 1 fully saturated rings. The molecule has 6 heteroatoms. The van der Waals surface area contributed by atoms with Crippen LogP contribution in [0.1, 0.15) is 24.9 Å². The maximum atomic E-state index is 12.9. The molecule has 5 nitrogen and oxygen atoms in total. The van der Waals surface area contributed by atoms with Gasteiger partial charge in [-0.3, -0.25) is 4.79 Å². The fourth-order valence-corrected chi connectivity index (χ4v) is 3.80. The van der Waals surface area contributed by atoms with Gasteiger partial charge in [0, 0.05) is 43.8 Å². The summed E-state index contributed by atoms with van der Waals surface area (Å²) < 4.78 is 0. The van der Waals surface area contributed by atoms with Crippen molar-refractivity contribution in [1.82, 2.24) is 9.88 Å². The smallest absolute Gasteiger partial charge is 0.227 e. The quantitative estimate of drug-likeness (QED) is 0.926. The van der Waals surface area contributed by atoms with Crippen molar-refractivity contribution in [1.29, 1.82) is 0 Å². The van der Waals surface area contributed by atoms with Crippen molar-refractivity contribution in [3.05, 3.63) is 47.5 Å². The van der Waals surface area contributed by atoms with E-state index in [0.717, 1.165) is 43.3 Å². The molecule has 2 heterocycles. The fraction of sp³-hybridized carbons (Fsp3) is 0.444. The van der Waals surface area contributed by atoms with Gasteiger partial charge in [-0.1, -0.05) is 37.3 Å². The third kappa shape index (κ3) is 3.76. The molecule has 128 valence electrons. The molecule has 1 amide bonds. The highest BCUT2D eigenvalue weighted by Gasteiger charge is 2.28. The van der Waals surface area contributed by atoms with E-state index in [2.05, 4.69) is 9.88 Å². The molecule has 1 aromatic heterocycles. The van der Waals surface area contributed by atoms with E-state index in [1.807, 2.05) is 53.7 Å². The van der Waals surface area contributed by atoms with Crippen LogP contribution in [0.15, 0.2) is 41.9 Å². The first kappa shape index (κ1) is 16.9. The van der Waals surface area contributed by atoms with Crippen LogP contribution in [0.2, 0.25) is 0 Å². The summed E-state index contributed by atoms with van der Waals surface area (Å²) in [6, 6.07) is 9.60. The molecule has 0 saturated carbocycles. The summed E-state index contributed by atoms with van der Waals surface area (Å²) in [4.78, 5) is 21.5. The molecule has 1 aliphatic rings. The largest absolute Gasteiger partial charge is 0.346 e. The lowest BCUT2D eigenvalue weighted by Gasteiger charge is -2.27. The minimum atomic E-state index is -0.267. The molecule has 0 bridgehead atoms. The first-order valence-corrected chi connectivity index (χ1v) is 9.28. The van der Waals surface area contributed by atoms with Crippen LogP contribution < -0.4 is 10.6 Å². The molecule has 2 unspecified atom stereocenters. The van der Waals surface area contributed by atoms with Crippen LogP contribution in [-0.4, -0.2) is 42.0 Å². The third-order valence-electron chi connectivity index (χ3n) is 4.61. The van der Waals surface area contributed by atoms with Gasteiger partial charge in [0.1, 0.15) is 0 Å². The molecule has 0 spiro atoms. The maximum absolute atomic E-state index is 12.9. The summed E-state index contributed by atoms with van der Waals surface area (Å²) in [5.74, 6) is -0.0776. The molecule has 2 atom stereocenters. The predicted molar refractivity (Wildman–Crippen MR) is 98.1 cm³/mol. The Kier molecular flexibility index (Phi) is 5.48. The molecule has 1 aromatic carbocycles. The molecule has 0 aliphatic carbocycles. The average Bonchev–Trinajstić information content (AvgIpc) is 3.05. The SMILES string of the molecule is CC(C(=O)N1CCCN(c2nccs2)CC1)C(N)c1ccccc1. The second-order valence-electron chi connectivity index (χ2n) is 6.21. The zero-order chi connectivity index (χ0) is 16.9. The number of hydrogen-bond acceptors (Lipinski definition) is 5. The standard InChI is InChI=1S/C18H24N4OS/c1-14(16(19)15-6-3-2-4-7-15)17(23)21-9-5-10-22(12-11-21)18-20-8-13-24-18/h2-4,6-8,13-14,16H,5,9-12,19H2,1H3. The van der Waals surface area contributed by atoms with Gasteiger partial charge < -0.3 is 15.5 Å². The van der Waals surface area contributed by atoms with E-state index in [9.17, 15) is 4.79 Å². The number of anilines is 1. The average molecular weight is 344 g/mol. The van der Waals surface area contributed by atoms with E-state index >= 15 is 0 Å². The Morgan fingerprint density at radius 2 is 2.00 bits per heavy atom. The van der Waals surface area contributed by atoms with Crippen molar-refractivity contribution in [2.45, 2.75) is 19.4 Å². The summed E-state index contributed by atoms with van der Waals surface area (Å²) in [5.41, 5.74) is 7.34. The van der Waals surface area contributed by atoms with Crippen molar-refractivity contribution in [3.63, 3.8) is 0 Å². The third-order valence-corrected chi connectivity index (χ3v) is 5.44. The van der Waals surface area contributed by atoms with Gasteiger partial charge in [-0.2, -0.15) is 0 Å².